The maximum absolute atomic E-state index is 12.4. The molecule has 1 aromatic carbocycles. The van der Waals surface area contributed by atoms with E-state index < -0.39 is 10.8 Å². The van der Waals surface area contributed by atoms with Crippen LogP contribution in [0.3, 0.4) is 0 Å². The molecule has 3 rings (SSSR count). The first-order chi connectivity index (χ1) is 14.4. The number of non-ortho nitro benzene ring substituents is 1. The lowest BCUT2D eigenvalue weighted by molar-refractivity contribution is -0.384. The second-order valence-corrected chi connectivity index (χ2v) is 7.45. The highest BCUT2D eigenvalue weighted by molar-refractivity contribution is 7.98. The topological polar surface area (TPSA) is 128 Å². The number of nitro groups is 1. The van der Waals surface area contributed by atoms with Gasteiger partial charge in [-0.2, -0.15) is 5.10 Å². The van der Waals surface area contributed by atoms with Crippen LogP contribution in [0.5, 0.6) is 0 Å². The van der Waals surface area contributed by atoms with Gasteiger partial charge in [-0.1, -0.05) is 30.3 Å². The number of rotatable bonds is 9. The van der Waals surface area contributed by atoms with Gasteiger partial charge in [0.05, 0.1) is 33.6 Å². The Balaban J connectivity index is 1.74. The van der Waals surface area contributed by atoms with Crippen molar-refractivity contribution in [2.45, 2.75) is 25.0 Å². The molecular formula is C18H20ClN7O3S. The first-order valence-corrected chi connectivity index (χ1v) is 10.8. The number of hydrogen-bond donors (Lipinski definition) is 2. The molecule has 0 aliphatic heterocycles. The van der Waals surface area contributed by atoms with E-state index >= 15 is 0 Å². The molecule has 0 unspecified atom stereocenters. The number of amides is 1. The summed E-state index contributed by atoms with van der Waals surface area (Å²) < 4.78 is 1.68. The van der Waals surface area contributed by atoms with Crippen molar-refractivity contribution in [2.75, 3.05) is 24.7 Å². The zero-order valence-electron chi connectivity index (χ0n) is 16.4. The summed E-state index contributed by atoms with van der Waals surface area (Å²) in [5.41, 5.74) is 0.515. The monoisotopic (exact) mass is 449 g/mol. The Morgan fingerprint density at radius 3 is 2.83 bits per heavy atom. The minimum atomic E-state index is -0.573. The molecule has 0 bridgehead atoms. The van der Waals surface area contributed by atoms with E-state index in [0.29, 0.717) is 17.3 Å². The molecule has 0 atom stereocenters. The number of nitrogens with zero attached hydrogens (tertiary/aromatic N) is 5. The number of thioether (sulfide) groups is 1. The van der Waals surface area contributed by atoms with Gasteiger partial charge >= 0.3 is 0 Å². The van der Waals surface area contributed by atoms with Gasteiger partial charge in [0.25, 0.3) is 11.6 Å². The summed E-state index contributed by atoms with van der Waals surface area (Å²) in [6.45, 7) is 3.45. The van der Waals surface area contributed by atoms with Crippen LogP contribution in [0.1, 0.15) is 23.7 Å². The van der Waals surface area contributed by atoms with Crippen molar-refractivity contribution < 1.29 is 9.72 Å². The summed E-state index contributed by atoms with van der Waals surface area (Å²) in [7, 11) is 0. The second kappa shape index (κ2) is 9.72. The third kappa shape index (κ3) is 4.79. The molecule has 0 saturated heterocycles. The van der Waals surface area contributed by atoms with Crippen LogP contribution in [0, 0.1) is 10.1 Å². The lowest BCUT2D eigenvalue weighted by Gasteiger charge is -2.09. The van der Waals surface area contributed by atoms with Crippen LogP contribution in [0.15, 0.2) is 29.6 Å². The molecule has 0 spiro atoms. The predicted molar refractivity (Wildman–Crippen MR) is 116 cm³/mol. The van der Waals surface area contributed by atoms with Crippen molar-refractivity contribution in [1.82, 2.24) is 25.1 Å². The fraction of sp³-hybridized carbons (Fsp3) is 0.333. The second-order valence-electron chi connectivity index (χ2n) is 6.27. The lowest BCUT2D eigenvalue weighted by Crippen LogP contribution is -2.28. The van der Waals surface area contributed by atoms with E-state index in [0.717, 1.165) is 30.2 Å². The van der Waals surface area contributed by atoms with Crippen LogP contribution in [-0.2, 0) is 6.54 Å². The molecule has 2 heterocycles. The van der Waals surface area contributed by atoms with Crippen LogP contribution in [-0.4, -0.2) is 49.9 Å². The molecule has 158 valence electrons. The minimum Gasteiger partial charge on any atom is -0.369 e. The van der Waals surface area contributed by atoms with Crippen LogP contribution in [0.2, 0.25) is 5.02 Å². The van der Waals surface area contributed by atoms with Crippen molar-refractivity contribution in [1.29, 1.82) is 0 Å². The molecule has 0 aliphatic carbocycles. The van der Waals surface area contributed by atoms with Crippen LogP contribution < -0.4 is 10.6 Å². The quantitative estimate of drug-likeness (QED) is 0.220. The van der Waals surface area contributed by atoms with E-state index in [1.165, 1.54) is 23.9 Å². The van der Waals surface area contributed by atoms with Gasteiger partial charge in [0, 0.05) is 25.2 Å². The molecule has 12 heteroatoms. The van der Waals surface area contributed by atoms with Gasteiger partial charge in [-0.15, -0.1) is 0 Å². The van der Waals surface area contributed by atoms with Crippen molar-refractivity contribution in [2.24, 2.45) is 0 Å². The third-order valence-electron chi connectivity index (χ3n) is 4.22. The number of fused-ring (bicyclic) bond motifs is 1. The van der Waals surface area contributed by atoms with Crippen molar-refractivity contribution in [3.63, 3.8) is 0 Å². The van der Waals surface area contributed by atoms with Crippen molar-refractivity contribution >= 4 is 51.8 Å². The van der Waals surface area contributed by atoms with Crippen molar-refractivity contribution in [3.8, 4) is 0 Å². The smallest absolute Gasteiger partial charge is 0.270 e. The lowest BCUT2D eigenvalue weighted by atomic mass is 10.2. The summed E-state index contributed by atoms with van der Waals surface area (Å²) in [6, 6.07) is 3.74. The highest BCUT2D eigenvalue weighted by atomic mass is 35.5. The molecule has 0 saturated carbocycles. The Morgan fingerprint density at radius 2 is 2.13 bits per heavy atom. The Hall–Kier alpha value is -2.92. The highest BCUT2D eigenvalue weighted by Gasteiger charge is 2.16. The van der Waals surface area contributed by atoms with Gasteiger partial charge in [-0.3, -0.25) is 14.9 Å². The number of aromatic nitrogens is 4. The van der Waals surface area contributed by atoms with Gasteiger partial charge in [-0.05, 0) is 18.7 Å². The van der Waals surface area contributed by atoms with Crippen LogP contribution in [0.4, 0.5) is 11.5 Å². The molecule has 0 aliphatic rings. The molecule has 0 radical (unpaired) electrons. The zero-order chi connectivity index (χ0) is 21.7. The van der Waals surface area contributed by atoms with E-state index in [1.54, 1.807) is 10.9 Å². The van der Waals surface area contributed by atoms with E-state index in [2.05, 4.69) is 32.6 Å². The van der Waals surface area contributed by atoms with Gasteiger partial charge < -0.3 is 10.6 Å². The molecule has 1 amide bonds. The third-order valence-corrected chi connectivity index (χ3v) is 5.09. The fourth-order valence-corrected chi connectivity index (χ4v) is 3.30. The van der Waals surface area contributed by atoms with E-state index in [1.807, 2.05) is 6.26 Å². The molecule has 30 heavy (non-hydrogen) atoms. The molecule has 0 fully saturated rings. The molecular weight excluding hydrogens is 430 g/mol. The van der Waals surface area contributed by atoms with Gasteiger partial charge in [0.1, 0.15) is 5.82 Å². The summed E-state index contributed by atoms with van der Waals surface area (Å²) in [5.74, 6) is 0.231. The average molecular weight is 450 g/mol. The maximum atomic E-state index is 12.4. The first kappa shape index (κ1) is 21.8. The SMILES string of the molecule is CCCNc1nc(SC)nc2c1cnn2CCNC(=O)c1cc([N+](=O)[O-])ccc1Cl. The van der Waals surface area contributed by atoms with Crippen LogP contribution >= 0.6 is 23.4 Å². The summed E-state index contributed by atoms with van der Waals surface area (Å²) in [6.07, 6.45) is 4.55. The number of nitro benzene ring substituents is 1. The Morgan fingerprint density at radius 1 is 1.33 bits per heavy atom. The Kier molecular flexibility index (Phi) is 7.06. The molecule has 10 nitrogen and oxygen atoms in total. The van der Waals surface area contributed by atoms with Gasteiger partial charge in [0.2, 0.25) is 0 Å². The number of nitrogens with one attached hydrogen (secondary N) is 2. The normalized spacial score (nSPS) is 10.9. The van der Waals surface area contributed by atoms with Gasteiger partial charge in [-0.25, -0.2) is 14.6 Å². The minimum absolute atomic E-state index is 0.0502. The first-order valence-electron chi connectivity index (χ1n) is 9.18. The zero-order valence-corrected chi connectivity index (χ0v) is 18.0. The average Bonchev–Trinajstić information content (AvgIpc) is 3.14. The maximum Gasteiger partial charge on any atom is 0.270 e. The predicted octanol–water partition coefficient (Wildman–Crippen LogP) is 3.36. The summed E-state index contributed by atoms with van der Waals surface area (Å²) in [4.78, 5) is 31.8. The number of hydrogen-bond acceptors (Lipinski definition) is 8. The van der Waals surface area contributed by atoms with Crippen LogP contribution in [0.25, 0.3) is 11.0 Å². The number of benzene rings is 1. The van der Waals surface area contributed by atoms with E-state index in [4.69, 9.17) is 11.6 Å². The standard InChI is InChI=1S/C18H20ClN7O3S/c1-3-6-20-15-13-10-22-25(16(13)24-18(23-15)30-2)8-7-21-17(27)12-9-11(26(28)29)4-5-14(12)19/h4-5,9-10H,3,6-8H2,1-2H3,(H,21,27)(H,20,23,24). The number of halogens is 1. The van der Waals surface area contributed by atoms with Gasteiger partial charge in [0.15, 0.2) is 10.8 Å². The highest BCUT2D eigenvalue weighted by Crippen LogP contribution is 2.24. The number of carbonyl (C=O) groups excluding carboxylic acids is 1. The number of carbonyl (C=O) groups is 1. The van der Waals surface area contributed by atoms with E-state index in [9.17, 15) is 14.9 Å². The fourth-order valence-electron chi connectivity index (χ4n) is 2.74. The number of anilines is 1. The summed E-state index contributed by atoms with van der Waals surface area (Å²) in [5, 5.41) is 22.9. The van der Waals surface area contributed by atoms with Crippen molar-refractivity contribution in [3.05, 3.63) is 45.1 Å². The summed E-state index contributed by atoms with van der Waals surface area (Å²) >= 11 is 7.45. The molecule has 2 aromatic heterocycles. The van der Waals surface area contributed by atoms with E-state index in [-0.39, 0.29) is 22.8 Å². The Labute approximate surface area is 181 Å². The Bertz CT molecular complexity index is 1090. The molecule has 2 N–H and O–H groups in total. The molecule has 3 aromatic rings. The largest absolute Gasteiger partial charge is 0.369 e.